The van der Waals surface area contributed by atoms with Crippen molar-refractivity contribution in [2.24, 2.45) is 0 Å². The number of carbonyl (C=O) groups is 2. The molecule has 0 bridgehead atoms. The lowest BCUT2D eigenvalue weighted by Gasteiger charge is -2.10. The molecule has 0 saturated heterocycles. The lowest BCUT2D eigenvalue weighted by atomic mass is 10.1. The molecule has 26 heavy (non-hydrogen) atoms. The summed E-state index contributed by atoms with van der Waals surface area (Å²) < 4.78 is 44.7. The van der Waals surface area contributed by atoms with Gasteiger partial charge in [0.25, 0.3) is 5.91 Å². The molecule has 2 aromatic carbocycles. The van der Waals surface area contributed by atoms with Crippen LogP contribution in [0.3, 0.4) is 0 Å². The number of amides is 1. The molecule has 1 amide bonds. The number of nitrogens with one attached hydrogen (secondary N) is 1. The topological polar surface area (TPSA) is 84.9 Å². The van der Waals surface area contributed by atoms with Crippen molar-refractivity contribution < 1.29 is 37.3 Å². The minimum Gasteiger partial charge on any atom is -0.507 e. The Balaban J connectivity index is 1.88. The average molecular weight is 369 g/mol. The van der Waals surface area contributed by atoms with E-state index in [1.807, 2.05) is 0 Å². The summed E-state index contributed by atoms with van der Waals surface area (Å²) >= 11 is 0. The summed E-state index contributed by atoms with van der Waals surface area (Å²) in [4.78, 5) is 23.6. The summed E-state index contributed by atoms with van der Waals surface area (Å²) in [5.41, 5.74) is 0.839. The number of aromatic hydroxyl groups is 1. The molecule has 2 aromatic rings. The summed E-state index contributed by atoms with van der Waals surface area (Å²) in [6, 6.07) is 8.80. The van der Waals surface area contributed by atoms with E-state index in [4.69, 9.17) is 4.74 Å². The van der Waals surface area contributed by atoms with Crippen molar-refractivity contribution in [3.63, 3.8) is 0 Å². The van der Waals surface area contributed by atoms with Crippen LogP contribution in [-0.4, -0.2) is 30.0 Å². The fraction of sp³-hybridized carbons (Fsp3) is 0.176. The van der Waals surface area contributed by atoms with Gasteiger partial charge in [-0.15, -0.1) is 13.2 Å². The van der Waals surface area contributed by atoms with Crippen LogP contribution < -0.4 is 10.1 Å². The van der Waals surface area contributed by atoms with E-state index in [0.29, 0.717) is 0 Å². The van der Waals surface area contributed by atoms with Crippen LogP contribution in [-0.2, 0) is 9.53 Å². The van der Waals surface area contributed by atoms with Gasteiger partial charge >= 0.3 is 12.3 Å². The summed E-state index contributed by atoms with van der Waals surface area (Å²) in [7, 11) is 0. The largest absolute Gasteiger partial charge is 0.573 e. The third-order valence-electron chi connectivity index (χ3n) is 3.08. The zero-order valence-electron chi connectivity index (χ0n) is 13.5. The standard InChI is InChI=1S/C17H14F3NO5/c1-10-2-7-14(22)13(8-10)16(24)25-9-15(23)21-11-3-5-12(6-4-11)26-17(18,19)20/h2-8,22H,9H2,1H3,(H,21,23). The number of halogens is 3. The molecule has 2 rings (SSSR count). The molecule has 0 unspecified atom stereocenters. The van der Waals surface area contributed by atoms with Crippen molar-refractivity contribution in [3.8, 4) is 11.5 Å². The van der Waals surface area contributed by atoms with Gasteiger partial charge in [0.15, 0.2) is 6.61 Å². The number of phenols is 1. The highest BCUT2D eigenvalue weighted by Crippen LogP contribution is 2.24. The van der Waals surface area contributed by atoms with E-state index < -0.39 is 30.6 Å². The first-order chi connectivity index (χ1) is 12.1. The van der Waals surface area contributed by atoms with Crippen LogP contribution in [0.15, 0.2) is 42.5 Å². The Morgan fingerprint density at radius 1 is 1.12 bits per heavy atom. The number of rotatable bonds is 5. The normalized spacial score (nSPS) is 10.9. The maximum Gasteiger partial charge on any atom is 0.573 e. The molecule has 0 aromatic heterocycles. The van der Waals surface area contributed by atoms with Gasteiger partial charge in [-0.3, -0.25) is 4.79 Å². The fourth-order valence-corrected chi connectivity index (χ4v) is 1.96. The zero-order valence-corrected chi connectivity index (χ0v) is 13.5. The number of carbonyl (C=O) groups excluding carboxylic acids is 2. The first-order valence-corrected chi connectivity index (χ1v) is 7.26. The number of hydrogen-bond acceptors (Lipinski definition) is 5. The van der Waals surface area contributed by atoms with Gasteiger partial charge < -0.3 is 19.9 Å². The Morgan fingerprint density at radius 3 is 2.38 bits per heavy atom. The molecule has 6 nitrogen and oxygen atoms in total. The van der Waals surface area contributed by atoms with Crippen LogP contribution in [0.1, 0.15) is 15.9 Å². The minimum atomic E-state index is -4.81. The number of ether oxygens (including phenoxy) is 2. The molecule has 0 radical (unpaired) electrons. The molecule has 0 heterocycles. The van der Waals surface area contributed by atoms with E-state index >= 15 is 0 Å². The summed E-state index contributed by atoms with van der Waals surface area (Å²) in [6.45, 7) is 1.09. The van der Waals surface area contributed by atoms with Gasteiger partial charge in [0.05, 0.1) is 0 Å². The molecule has 0 aliphatic carbocycles. The Morgan fingerprint density at radius 2 is 1.77 bits per heavy atom. The predicted molar refractivity (Wildman–Crippen MR) is 84.9 cm³/mol. The molecule has 2 N–H and O–H groups in total. The van der Waals surface area contributed by atoms with Gasteiger partial charge in [-0.1, -0.05) is 11.6 Å². The first kappa shape index (κ1) is 19.1. The number of phenolic OH excluding ortho intramolecular Hbond substituents is 1. The van der Waals surface area contributed by atoms with Crippen LogP contribution in [0, 0.1) is 6.92 Å². The van der Waals surface area contributed by atoms with Crippen molar-refractivity contribution in [2.45, 2.75) is 13.3 Å². The zero-order chi connectivity index (χ0) is 19.3. The third kappa shape index (κ3) is 5.69. The number of aryl methyl sites for hydroxylation is 1. The highest BCUT2D eigenvalue weighted by molar-refractivity contribution is 5.96. The van der Waals surface area contributed by atoms with Crippen LogP contribution in [0.4, 0.5) is 18.9 Å². The highest BCUT2D eigenvalue weighted by atomic mass is 19.4. The van der Waals surface area contributed by atoms with E-state index in [9.17, 15) is 27.9 Å². The van der Waals surface area contributed by atoms with Crippen LogP contribution in [0.2, 0.25) is 0 Å². The lowest BCUT2D eigenvalue weighted by Crippen LogP contribution is -2.21. The molecule has 9 heteroatoms. The quantitative estimate of drug-likeness (QED) is 0.789. The molecular weight excluding hydrogens is 355 g/mol. The second-order valence-corrected chi connectivity index (χ2v) is 5.22. The smallest absolute Gasteiger partial charge is 0.507 e. The lowest BCUT2D eigenvalue weighted by molar-refractivity contribution is -0.274. The number of anilines is 1. The molecule has 0 fully saturated rings. The minimum absolute atomic E-state index is 0.0774. The van der Waals surface area contributed by atoms with Crippen LogP contribution in [0.25, 0.3) is 0 Å². The molecule has 0 aliphatic rings. The van der Waals surface area contributed by atoms with Crippen LogP contribution >= 0.6 is 0 Å². The predicted octanol–water partition coefficient (Wildman–Crippen LogP) is 3.39. The fourth-order valence-electron chi connectivity index (χ4n) is 1.96. The second-order valence-electron chi connectivity index (χ2n) is 5.22. The van der Waals surface area contributed by atoms with Gasteiger partial charge in [0.2, 0.25) is 0 Å². The number of esters is 1. The number of alkyl halides is 3. The Hall–Kier alpha value is -3.23. The molecule has 138 valence electrons. The Labute approximate surface area is 146 Å². The third-order valence-corrected chi connectivity index (χ3v) is 3.08. The van der Waals surface area contributed by atoms with Crippen molar-refractivity contribution >= 4 is 17.6 Å². The van der Waals surface area contributed by atoms with Gasteiger partial charge in [-0.05, 0) is 43.3 Å². The first-order valence-electron chi connectivity index (χ1n) is 7.26. The maximum atomic E-state index is 12.1. The number of benzene rings is 2. The van der Waals surface area contributed by atoms with Crippen molar-refractivity contribution in [1.29, 1.82) is 0 Å². The van der Waals surface area contributed by atoms with E-state index in [0.717, 1.165) is 17.7 Å². The highest BCUT2D eigenvalue weighted by Gasteiger charge is 2.30. The maximum absolute atomic E-state index is 12.1. The van der Waals surface area contributed by atoms with Gasteiger partial charge in [0.1, 0.15) is 17.1 Å². The molecule has 0 atom stereocenters. The monoisotopic (exact) mass is 369 g/mol. The second kappa shape index (κ2) is 7.77. The molecule has 0 aliphatic heterocycles. The van der Waals surface area contributed by atoms with E-state index in [-0.39, 0.29) is 17.0 Å². The van der Waals surface area contributed by atoms with E-state index in [1.54, 1.807) is 13.0 Å². The van der Waals surface area contributed by atoms with Gasteiger partial charge in [-0.2, -0.15) is 0 Å². The molecule has 0 spiro atoms. The van der Waals surface area contributed by atoms with Crippen LogP contribution in [0.5, 0.6) is 11.5 Å². The van der Waals surface area contributed by atoms with E-state index in [1.165, 1.54) is 24.3 Å². The summed E-state index contributed by atoms with van der Waals surface area (Å²) in [5.74, 6) is -2.29. The van der Waals surface area contributed by atoms with Crippen molar-refractivity contribution in [1.82, 2.24) is 0 Å². The van der Waals surface area contributed by atoms with Gasteiger partial charge in [-0.25, -0.2) is 4.79 Å². The van der Waals surface area contributed by atoms with E-state index in [2.05, 4.69) is 10.1 Å². The Kier molecular flexibility index (Phi) is 5.71. The average Bonchev–Trinajstić information content (AvgIpc) is 2.55. The molecular formula is C17H14F3NO5. The van der Waals surface area contributed by atoms with Crippen molar-refractivity contribution in [2.75, 3.05) is 11.9 Å². The Bertz CT molecular complexity index is 803. The number of hydrogen-bond donors (Lipinski definition) is 2. The van der Waals surface area contributed by atoms with Gasteiger partial charge in [0, 0.05) is 5.69 Å². The van der Waals surface area contributed by atoms with Crippen molar-refractivity contribution in [3.05, 3.63) is 53.6 Å². The molecule has 0 saturated carbocycles. The SMILES string of the molecule is Cc1ccc(O)c(C(=O)OCC(=O)Nc2ccc(OC(F)(F)F)cc2)c1. The summed E-state index contributed by atoms with van der Waals surface area (Å²) in [5, 5.41) is 12.0. The summed E-state index contributed by atoms with van der Waals surface area (Å²) in [6.07, 6.45) is -4.81.